The summed E-state index contributed by atoms with van der Waals surface area (Å²) in [5.41, 5.74) is 3.09. The lowest BCUT2D eigenvalue weighted by atomic mass is 10.1. The number of benzene rings is 3. The Balaban J connectivity index is 1.82. The summed E-state index contributed by atoms with van der Waals surface area (Å²) in [5, 5.41) is 3.13. The molecule has 0 aromatic heterocycles. The van der Waals surface area contributed by atoms with Gasteiger partial charge in [0.2, 0.25) is 0 Å². The molecule has 4 N–H and O–H groups in total. The lowest BCUT2D eigenvalue weighted by Crippen LogP contribution is -2.31. The smallest absolute Gasteiger partial charge is 0.267 e. The quantitative estimate of drug-likeness (QED) is 0.251. The van der Waals surface area contributed by atoms with Gasteiger partial charge in [0.1, 0.15) is 0 Å². The Morgan fingerprint density at radius 3 is 2.19 bits per heavy atom. The van der Waals surface area contributed by atoms with E-state index in [0.29, 0.717) is 15.2 Å². The van der Waals surface area contributed by atoms with Gasteiger partial charge < -0.3 is 5.32 Å². The average Bonchev–Trinajstić information content (AvgIpc) is 2.79. The Kier molecular flexibility index (Phi) is 7.19. The van der Waals surface area contributed by atoms with Crippen LogP contribution in [0.25, 0.3) is 0 Å². The molecule has 0 atom stereocenters. The summed E-state index contributed by atoms with van der Waals surface area (Å²) >= 11 is 9.12. The van der Waals surface area contributed by atoms with Gasteiger partial charge in [-0.3, -0.25) is 19.3 Å². The molecule has 0 fully saturated rings. The summed E-state index contributed by atoms with van der Waals surface area (Å²) in [6.45, 7) is 0. The van der Waals surface area contributed by atoms with Crippen LogP contribution in [-0.2, 0) is 10.0 Å². The summed E-state index contributed by atoms with van der Waals surface area (Å²) in [6, 6.07) is 16.5. The highest BCUT2D eigenvalue weighted by molar-refractivity contribution is 9.10. The van der Waals surface area contributed by atoms with E-state index in [1.165, 1.54) is 37.4 Å². The van der Waals surface area contributed by atoms with Crippen molar-refractivity contribution >= 4 is 60.7 Å². The first kappa shape index (κ1) is 23.7. The first-order chi connectivity index (χ1) is 15.1. The monoisotopic (exact) mass is 536 g/mol. The fourth-order valence-corrected chi connectivity index (χ4v) is 4.49. The summed E-state index contributed by atoms with van der Waals surface area (Å²) in [4.78, 5) is 24.6. The number of anilines is 2. The molecule has 32 heavy (non-hydrogen) atoms. The molecule has 0 saturated heterocycles. The fraction of sp³-hybridized carbons (Fsp3) is 0.0476. The summed E-state index contributed by atoms with van der Waals surface area (Å²) in [5.74, 6) is 4.11. The standard InChI is InChI=1S/C21H18BrClN4O4S/c1-27(16-7-5-15(23)6-8-16)32(30,31)17-9-2-13(3-10-17)20(28)25-19-11-4-14(22)12-18(19)21(29)26-24/h2-12H,24H2,1H3,(H,25,28)(H,26,29). The van der Waals surface area contributed by atoms with Crippen molar-refractivity contribution < 1.29 is 18.0 Å². The molecule has 3 aromatic rings. The lowest BCUT2D eigenvalue weighted by Gasteiger charge is -2.19. The van der Waals surface area contributed by atoms with Gasteiger partial charge in [0.15, 0.2) is 0 Å². The van der Waals surface area contributed by atoms with Gasteiger partial charge in [-0.1, -0.05) is 27.5 Å². The number of carbonyl (C=O) groups is 2. The number of nitrogen functional groups attached to an aromatic ring is 1. The number of sulfonamides is 1. The summed E-state index contributed by atoms with van der Waals surface area (Å²) < 4.78 is 27.6. The number of nitrogens with zero attached hydrogens (tertiary/aromatic N) is 1. The number of hydrogen-bond acceptors (Lipinski definition) is 5. The molecular formula is C21H18BrClN4O4S. The van der Waals surface area contributed by atoms with E-state index in [4.69, 9.17) is 17.4 Å². The predicted molar refractivity (Wildman–Crippen MR) is 127 cm³/mol. The number of rotatable bonds is 6. The van der Waals surface area contributed by atoms with E-state index in [2.05, 4.69) is 21.2 Å². The first-order valence-electron chi connectivity index (χ1n) is 9.10. The van der Waals surface area contributed by atoms with Crippen molar-refractivity contribution in [2.24, 2.45) is 5.84 Å². The van der Waals surface area contributed by atoms with E-state index in [1.54, 1.807) is 36.4 Å². The molecule has 8 nitrogen and oxygen atoms in total. The maximum Gasteiger partial charge on any atom is 0.267 e. The van der Waals surface area contributed by atoms with E-state index >= 15 is 0 Å². The molecule has 0 radical (unpaired) electrons. The number of hydrogen-bond donors (Lipinski definition) is 3. The van der Waals surface area contributed by atoms with E-state index in [-0.39, 0.29) is 21.7 Å². The summed E-state index contributed by atoms with van der Waals surface area (Å²) in [6.07, 6.45) is 0. The molecule has 0 aliphatic rings. The zero-order valence-corrected chi connectivity index (χ0v) is 19.8. The normalized spacial score (nSPS) is 11.0. The van der Waals surface area contributed by atoms with Crippen molar-refractivity contribution in [2.45, 2.75) is 4.90 Å². The van der Waals surface area contributed by atoms with Crippen LogP contribution in [0.15, 0.2) is 76.1 Å². The topological polar surface area (TPSA) is 122 Å². The third-order valence-electron chi connectivity index (χ3n) is 4.57. The average molecular weight is 538 g/mol. The van der Waals surface area contributed by atoms with Gasteiger partial charge in [-0.2, -0.15) is 0 Å². The highest BCUT2D eigenvalue weighted by Gasteiger charge is 2.22. The van der Waals surface area contributed by atoms with Crippen molar-refractivity contribution in [1.29, 1.82) is 0 Å². The van der Waals surface area contributed by atoms with E-state index in [9.17, 15) is 18.0 Å². The van der Waals surface area contributed by atoms with Crippen LogP contribution < -0.4 is 20.9 Å². The van der Waals surface area contributed by atoms with Gasteiger partial charge in [-0.25, -0.2) is 14.3 Å². The maximum absolute atomic E-state index is 12.9. The third kappa shape index (κ3) is 5.10. The van der Waals surface area contributed by atoms with Gasteiger partial charge in [0.25, 0.3) is 21.8 Å². The highest BCUT2D eigenvalue weighted by atomic mass is 79.9. The largest absolute Gasteiger partial charge is 0.321 e. The number of hydrazine groups is 1. The summed E-state index contributed by atoms with van der Waals surface area (Å²) in [7, 11) is -2.42. The van der Waals surface area contributed by atoms with Crippen molar-refractivity contribution in [3.63, 3.8) is 0 Å². The molecule has 0 heterocycles. The molecule has 3 rings (SSSR count). The van der Waals surface area contributed by atoms with E-state index in [0.717, 1.165) is 4.31 Å². The van der Waals surface area contributed by atoms with Crippen LogP contribution in [0.1, 0.15) is 20.7 Å². The molecule has 0 bridgehead atoms. The minimum Gasteiger partial charge on any atom is -0.321 e. The molecule has 11 heteroatoms. The molecule has 166 valence electrons. The maximum atomic E-state index is 12.9. The highest BCUT2D eigenvalue weighted by Crippen LogP contribution is 2.25. The number of nitrogens with two attached hydrogens (primary N) is 1. The molecule has 0 aliphatic heterocycles. The zero-order valence-electron chi connectivity index (χ0n) is 16.7. The van der Waals surface area contributed by atoms with Gasteiger partial charge in [0, 0.05) is 22.1 Å². The van der Waals surface area contributed by atoms with Crippen LogP contribution in [0, 0.1) is 0 Å². The zero-order chi connectivity index (χ0) is 23.5. The van der Waals surface area contributed by atoms with Crippen molar-refractivity contribution in [1.82, 2.24) is 5.43 Å². The third-order valence-corrected chi connectivity index (χ3v) is 7.12. The Morgan fingerprint density at radius 2 is 1.59 bits per heavy atom. The second kappa shape index (κ2) is 9.70. The van der Waals surface area contributed by atoms with Gasteiger partial charge in [0.05, 0.1) is 21.8 Å². The minimum atomic E-state index is -3.85. The number of halogens is 2. The molecule has 2 amide bonds. The van der Waals surface area contributed by atoms with Crippen molar-refractivity contribution in [2.75, 3.05) is 16.7 Å². The minimum absolute atomic E-state index is 0.0124. The van der Waals surface area contributed by atoms with Crippen LogP contribution in [0.2, 0.25) is 5.02 Å². The van der Waals surface area contributed by atoms with Gasteiger partial charge >= 0.3 is 0 Å². The Hall–Kier alpha value is -2.92. The van der Waals surface area contributed by atoms with Gasteiger partial charge in [-0.15, -0.1) is 0 Å². The van der Waals surface area contributed by atoms with E-state index in [1.807, 2.05) is 5.43 Å². The van der Waals surface area contributed by atoms with Gasteiger partial charge in [-0.05, 0) is 66.7 Å². The molecular weight excluding hydrogens is 520 g/mol. The van der Waals surface area contributed by atoms with Crippen molar-refractivity contribution in [3.05, 3.63) is 87.4 Å². The molecule has 3 aromatic carbocycles. The van der Waals surface area contributed by atoms with E-state index < -0.39 is 21.8 Å². The molecule has 0 unspecified atom stereocenters. The second-order valence-electron chi connectivity index (χ2n) is 6.59. The number of amides is 2. The molecule has 0 spiro atoms. The SMILES string of the molecule is CN(c1ccc(Cl)cc1)S(=O)(=O)c1ccc(C(=O)Nc2ccc(Br)cc2C(=O)NN)cc1. The number of carbonyl (C=O) groups excluding carboxylic acids is 2. The Morgan fingerprint density at radius 1 is 0.969 bits per heavy atom. The number of nitrogens with one attached hydrogen (secondary N) is 2. The molecule has 0 saturated carbocycles. The first-order valence-corrected chi connectivity index (χ1v) is 11.7. The van der Waals surface area contributed by atoms with Crippen LogP contribution in [0.4, 0.5) is 11.4 Å². The molecule has 0 aliphatic carbocycles. The van der Waals surface area contributed by atoms with Crippen LogP contribution in [-0.4, -0.2) is 27.3 Å². The van der Waals surface area contributed by atoms with Crippen LogP contribution >= 0.6 is 27.5 Å². The predicted octanol–water partition coefficient (Wildman–Crippen LogP) is 3.78. The van der Waals surface area contributed by atoms with Crippen molar-refractivity contribution in [3.8, 4) is 0 Å². The fourth-order valence-electron chi connectivity index (χ4n) is 2.81. The Bertz CT molecular complexity index is 1270. The van der Waals surface area contributed by atoms with Crippen LogP contribution in [0.3, 0.4) is 0 Å². The van der Waals surface area contributed by atoms with Crippen LogP contribution in [0.5, 0.6) is 0 Å². The Labute approximate surface area is 198 Å². The lowest BCUT2D eigenvalue weighted by molar-refractivity contribution is 0.0954. The second-order valence-corrected chi connectivity index (χ2v) is 9.91.